The van der Waals surface area contributed by atoms with Crippen molar-refractivity contribution in [3.8, 4) is 0 Å². The average Bonchev–Trinajstić information content (AvgIpc) is 2.47. The summed E-state index contributed by atoms with van der Waals surface area (Å²) >= 11 is 6.86. The predicted octanol–water partition coefficient (Wildman–Crippen LogP) is 4.87. The molecule has 2 aromatic carbocycles. The zero-order chi connectivity index (χ0) is 14.5. The molecule has 0 atom stereocenters. The number of hydrogen-bond acceptors (Lipinski definition) is 1. The lowest BCUT2D eigenvalue weighted by Gasteiger charge is -2.22. The van der Waals surface area contributed by atoms with E-state index in [0.29, 0.717) is 18.7 Å². The Kier molecular flexibility index (Phi) is 5.38. The second-order valence-electron chi connectivity index (χ2n) is 4.43. The fraction of sp³-hybridized carbons (Fsp3) is 0.188. The Labute approximate surface area is 136 Å². The van der Waals surface area contributed by atoms with Gasteiger partial charge in [-0.3, -0.25) is 4.79 Å². The molecule has 0 unspecified atom stereocenters. The molecular formula is C16H15Br2NO. The van der Waals surface area contributed by atoms with Gasteiger partial charge in [0.15, 0.2) is 0 Å². The fourth-order valence-corrected chi connectivity index (χ4v) is 2.74. The van der Waals surface area contributed by atoms with Gasteiger partial charge in [0.25, 0.3) is 5.91 Å². The second kappa shape index (κ2) is 7.04. The molecule has 0 heterocycles. The molecule has 0 spiro atoms. The molecule has 0 saturated heterocycles. The standard InChI is InChI=1S/C16H15Br2NO/c1-2-19(11-12-6-4-3-5-7-12)16(20)14-10-13(17)8-9-15(14)18/h3-10H,2,11H2,1H3. The molecule has 0 saturated carbocycles. The van der Waals surface area contributed by atoms with Gasteiger partial charge >= 0.3 is 0 Å². The summed E-state index contributed by atoms with van der Waals surface area (Å²) in [5.41, 5.74) is 1.81. The maximum absolute atomic E-state index is 12.6. The lowest BCUT2D eigenvalue weighted by Crippen LogP contribution is -2.30. The van der Waals surface area contributed by atoms with Gasteiger partial charge in [0, 0.05) is 22.0 Å². The van der Waals surface area contributed by atoms with Crippen LogP contribution in [-0.4, -0.2) is 17.4 Å². The van der Waals surface area contributed by atoms with E-state index in [9.17, 15) is 4.79 Å². The highest BCUT2D eigenvalue weighted by atomic mass is 79.9. The molecule has 20 heavy (non-hydrogen) atoms. The van der Waals surface area contributed by atoms with Gasteiger partial charge in [0.2, 0.25) is 0 Å². The Morgan fingerprint density at radius 1 is 1.10 bits per heavy atom. The van der Waals surface area contributed by atoms with Crippen LogP contribution in [0.25, 0.3) is 0 Å². The van der Waals surface area contributed by atoms with Gasteiger partial charge < -0.3 is 4.90 Å². The minimum Gasteiger partial charge on any atom is -0.335 e. The molecule has 0 aliphatic heterocycles. The van der Waals surface area contributed by atoms with E-state index < -0.39 is 0 Å². The molecule has 0 aliphatic rings. The van der Waals surface area contributed by atoms with E-state index in [4.69, 9.17) is 0 Å². The zero-order valence-electron chi connectivity index (χ0n) is 11.1. The van der Waals surface area contributed by atoms with Gasteiger partial charge in [-0.1, -0.05) is 46.3 Å². The van der Waals surface area contributed by atoms with Gasteiger partial charge in [0.05, 0.1) is 5.56 Å². The molecule has 0 bridgehead atoms. The van der Waals surface area contributed by atoms with Crippen molar-refractivity contribution in [2.45, 2.75) is 13.5 Å². The van der Waals surface area contributed by atoms with E-state index in [1.165, 1.54) is 0 Å². The summed E-state index contributed by atoms with van der Waals surface area (Å²) in [4.78, 5) is 14.5. The summed E-state index contributed by atoms with van der Waals surface area (Å²) in [6.45, 7) is 3.29. The van der Waals surface area contributed by atoms with Crippen molar-refractivity contribution in [1.29, 1.82) is 0 Å². The summed E-state index contributed by atoms with van der Waals surface area (Å²) in [5.74, 6) is 0.0320. The highest BCUT2D eigenvalue weighted by Crippen LogP contribution is 2.23. The first-order valence-electron chi connectivity index (χ1n) is 6.40. The average molecular weight is 397 g/mol. The smallest absolute Gasteiger partial charge is 0.255 e. The quantitative estimate of drug-likeness (QED) is 0.721. The number of nitrogens with zero attached hydrogens (tertiary/aromatic N) is 1. The van der Waals surface area contributed by atoms with Crippen molar-refractivity contribution < 1.29 is 4.79 Å². The van der Waals surface area contributed by atoms with Crippen LogP contribution < -0.4 is 0 Å². The lowest BCUT2D eigenvalue weighted by molar-refractivity contribution is 0.0751. The molecule has 104 valence electrons. The highest BCUT2D eigenvalue weighted by Gasteiger charge is 2.17. The number of rotatable bonds is 4. The van der Waals surface area contributed by atoms with Crippen molar-refractivity contribution in [2.24, 2.45) is 0 Å². The van der Waals surface area contributed by atoms with E-state index in [0.717, 1.165) is 14.5 Å². The first-order chi connectivity index (χ1) is 9.61. The number of amides is 1. The lowest BCUT2D eigenvalue weighted by atomic mass is 10.1. The largest absolute Gasteiger partial charge is 0.335 e. The minimum absolute atomic E-state index is 0.0320. The van der Waals surface area contributed by atoms with Gasteiger partial charge in [-0.2, -0.15) is 0 Å². The van der Waals surface area contributed by atoms with Crippen molar-refractivity contribution in [2.75, 3.05) is 6.54 Å². The molecule has 0 fully saturated rings. The normalized spacial score (nSPS) is 10.3. The van der Waals surface area contributed by atoms with E-state index in [-0.39, 0.29) is 5.91 Å². The van der Waals surface area contributed by atoms with Crippen LogP contribution >= 0.6 is 31.9 Å². The number of carbonyl (C=O) groups excluding carboxylic acids is 1. The SMILES string of the molecule is CCN(Cc1ccccc1)C(=O)c1cc(Br)ccc1Br. The first kappa shape index (κ1) is 15.3. The van der Waals surface area contributed by atoms with Crippen LogP contribution in [0.5, 0.6) is 0 Å². The number of halogens is 2. The van der Waals surface area contributed by atoms with Crippen LogP contribution in [0.3, 0.4) is 0 Å². The maximum atomic E-state index is 12.6. The van der Waals surface area contributed by atoms with Crippen LogP contribution in [0.4, 0.5) is 0 Å². The van der Waals surface area contributed by atoms with Crippen molar-refractivity contribution in [1.82, 2.24) is 4.90 Å². The van der Waals surface area contributed by atoms with Gasteiger partial charge in [-0.15, -0.1) is 0 Å². The van der Waals surface area contributed by atoms with Crippen LogP contribution in [0.1, 0.15) is 22.8 Å². The fourth-order valence-electron chi connectivity index (χ4n) is 1.96. The van der Waals surface area contributed by atoms with Crippen molar-refractivity contribution >= 4 is 37.8 Å². The van der Waals surface area contributed by atoms with Gasteiger partial charge in [0.1, 0.15) is 0 Å². The van der Waals surface area contributed by atoms with Crippen LogP contribution in [0, 0.1) is 0 Å². The molecular weight excluding hydrogens is 382 g/mol. The Balaban J connectivity index is 2.23. The molecule has 0 radical (unpaired) electrons. The van der Waals surface area contributed by atoms with E-state index in [1.807, 2.05) is 60.4 Å². The Morgan fingerprint density at radius 3 is 2.45 bits per heavy atom. The monoisotopic (exact) mass is 395 g/mol. The third-order valence-electron chi connectivity index (χ3n) is 3.04. The van der Waals surface area contributed by atoms with E-state index in [1.54, 1.807) is 0 Å². The van der Waals surface area contributed by atoms with Crippen molar-refractivity contribution in [3.05, 3.63) is 68.6 Å². The first-order valence-corrected chi connectivity index (χ1v) is 7.98. The minimum atomic E-state index is 0.0320. The summed E-state index contributed by atoms with van der Waals surface area (Å²) < 4.78 is 1.72. The van der Waals surface area contributed by atoms with Crippen molar-refractivity contribution in [3.63, 3.8) is 0 Å². The number of hydrogen-bond donors (Lipinski definition) is 0. The van der Waals surface area contributed by atoms with Crippen LogP contribution in [0.2, 0.25) is 0 Å². The summed E-state index contributed by atoms with van der Waals surface area (Å²) in [6, 6.07) is 15.7. The molecule has 2 rings (SSSR count). The second-order valence-corrected chi connectivity index (χ2v) is 6.20. The highest BCUT2D eigenvalue weighted by molar-refractivity contribution is 9.11. The molecule has 0 N–H and O–H groups in total. The molecule has 2 aromatic rings. The van der Waals surface area contributed by atoms with Crippen LogP contribution in [0.15, 0.2) is 57.5 Å². The number of carbonyl (C=O) groups is 1. The van der Waals surface area contributed by atoms with Gasteiger partial charge in [-0.05, 0) is 46.6 Å². The predicted molar refractivity (Wildman–Crippen MR) is 88.7 cm³/mol. The Bertz CT molecular complexity index is 599. The Morgan fingerprint density at radius 2 is 1.80 bits per heavy atom. The molecule has 1 amide bonds. The maximum Gasteiger partial charge on any atom is 0.255 e. The van der Waals surface area contributed by atoms with Crippen LogP contribution in [-0.2, 0) is 6.54 Å². The number of benzene rings is 2. The zero-order valence-corrected chi connectivity index (χ0v) is 14.3. The van der Waals surface area contributed by atoms with Gasteiger partial charge in [-0.25, -0.2) is 0 Å². The third kappa shape index (κ3) is 3.70. The molecule has 0 aromatic heterocycles. The molecule has 4 heteroatoms. The summed E-state index contributed by atoms with van der Waals surface area (Å²) in [5, 5.41) is 0. The van der Waals surface area contributed by atoms with E-state index >= 15 is 0 Å². The third-order valence-corrected chi connectivity index (χ3v) is 4.23. The summed E-state index contributed by atoms with van der Waals surface area (Å²) in [7, 11) is 0. The van der Waals surface area contributed by atoms with E-state index in [2.05, 4.69) is 31.9 Å². The Hall–Kier alpha value is -1.13. The summed E-state index contributed by atoms with van der Waals surface area (Å²) in [6.07, 6.45) is 0. The topological polar surface area (TPSA) is 20.3 Å². The molecule has 0 aliphatic carbocycles. The molecule has 2 nitrogen and oxygen atoms in total.